The van der Waals surface area contributed by atoms with Crippen LogP contribution < -0.4 is 0 Å². The molecule has 0 atom stereocenters. The van der Waals surface area contributed by atoms with E-state index in [4.69, 9.17) is 17.0 Å². The second-order valence-corrected chi connectivity index (χ2v) is 5.00. The van der Waals surface area contributed by atoms with Gasteiger partial charge >= 0.3 is 0 Å². The first-order valence-corrected chi connectivity index (χ1v) is 6.67. The Hall–Kier alpha value is 0.240. The number of hydrogen-bond acceptors (Lipinski definition) is 3. The molecule has 0 heterocycles. The lowest BCUT2D eigenvalue weighted by molar-refractivity contribution is 0.247. The first-order valence-electron chi connectivity index (χ1n) is 5.03. The standard InChI is InChI=1S/C10H18OS2/c1-13-10(12)11-8-7-9-5-3-2-4-6-9/h9H,2-8H2,1H3. The van der Waals surface area contributed by atoms with Crippen molar-refractivity contribution in [3.63, 3.8) is 0 Å². The predicted molar refractivity (Wildman–Crippen MR) is 63.3 cm³/mol. The molecule has 0 N–H and O–H groups in total. The smallest absolute Gasteiger partial charge is 0.219 e. The lowest BCUT2D eigenvalue weighted by Crippen LogP contribution is -2.10. The van der Waals surface area contributed by atoms with Crippen molar-refractivity contribution in [1.29, 1.82) is 0 Å². The van der Waals surface area contributed by atoms with Gasteiger partial charge in [-0.1, -0.05) is 43.9 Å². The van der Waals surface area contributed by atoms with Crippen LogP contribution in [-0.2, 0) is 4.74 Å². The van der Waals surface area contributed by atoms with Crippen LogP contribution in [0.25, 0.3) is 0 Å². The van der Waals surface area contributed by atoms with E-state index in [1.54, 1.807) is 0 Å². The van der Waals surface area contributed by atoms with Gasteiger partial charge in [-0.15, -0.1) is 0 Å². The lowest BCUT2D eigenvalue weighted by atomic mass is 9.87. The van der Waals surface area contributed by atoms with Gasteiger partial charge in [-0.2, -0.15) is 0 Å². The fraction of sp³-hybridized carbons (Fsp3) is 0.900. The average Bonchev–Trinajstić information content (AvgIpc) is 2.19. The Morgan fingerprint density at radius 3 is 2.69 bits per heavy atom. The normalized spacial score (nSPS) is 18.5. The highest BCUT2D eigenvalue weighted by molar-refractivity contribution is 8.22. The van der Waals surface area contributed by atoms with Gasteiger partial charge in [-0.3, -0.25) is 0 Å². The number of hydrogen-bond donors (Lipinski definition) is 0. The van der Waals surface area contributed by atoms with Gasteiger partial charge in [0.2, 0.25) is 4.38 Å². The van der Waals surface area contributed by atoms with Crippen molar-refractivity contribution in [2.45, 2.75) is 38.5 Å². The number of rotatable bonds is 3. The Morgan fingerprint density at radius 2 is 2.08 bits per heavy atom. The molecule has 3 heteroatoms. The summed E-state index contributed by atoms with van der Waals surface area (Å²) in [7, 11) is 0. The van der Waals surface area contributed by atoms with E-state index in [0.717, 1.165) is 12.5 Å². The predicted octanol–water partition coefficient (Wildman–Crippen LogP) is 3.62. The number of thioether (sulfide) groups is 1. The van der Waals surface area contributed by atoms with Crippen molar-refractivity contribution in [2.24, 2.45) is 5.92 Å². The molecule has 0 aromatic rings. The molecule has 0 aliphatic heterocycles. The fourth-order valence-electron chi connectivity index (χ4n) is 1.84. The summed E-state index contributed by atoms with van der Waals surface area (Å²) in [6.45, 7) is 0.824. The molecule has 1 rings (SSSR count). The largest absolute Gasteiger partial charge is 0.479 e. The van der Waals surface area contributed by atoms with Crippen molar-refractivity contribution in [3.8, 4) is 0 Å². The van der Waals surface area contributed by atoms with Crippen LogP contribution in [0, 0.1) is 5.92 Å². The summed E-state index contributed by atoms with van der Waals surface area (Å²) in [6, 6.07) is 0. The molecule has 1 nitrogen and oxygen atoms in total. The quantitative estimate of drug-likeness (QED) is 0.670. The van der Waals surface area contributed by atoms with Crippen LogP contribution in [0.3, 0.4) is 0 Å². The Labute approximate surface area is 90.6 Å². The van der Waals surface area contributed by atoms with E-state index in [-0.39, 0.29) is 0 Å². The van der Waals surface area contributed by atoms with E-state index >= 15 is 0 Å². The van der Waals surface area contributed by atoms with E-state index in [1.165, 1.54) is 50.3 Å². The minimum absolute atomic E-state index is 0.691. The third kappa shape index (κ3) is 4.87. The maximum atomic E-state index is 5.39. The van der Waals surface area contributed by atoms with Gasteiger partial charge in [-0.25, -0.2) is 0 Å². The summed E-state index contributed by atoms with van der Waals surface area (Å²) >= 11 is 6.48. The molecule has 0 radical (unpaired) electrons. The zero-order chi connectivity index (χ0) is 9.52. The summed E-state index contributed by atoms with van der Waals surface area (Å²) in [6.07, 6.45) is 10.2. The molecule has 0 saturated heterocycles. The molecule has 0 spiro atoms. The van der Waals surface area contributed by atoms with Crippen molar-refractivity contribution in [3.05, 3.63) is 0 Å². The third-order valence-electron chi connectivity index (χ3n) is 2.64. The molecule has 1 fully saturated rings. The molecule has 0 aromatic heterocycles. The molecular formula is C10H18OS2. The van der Waals surface area contributed by atoms with Gasteiger partial charge in [0.05, 0.1) is 6.61 Å². The highest BCUT2D eigenvalue weighted by Crippen LogP contribution is 2.26. The van der Waals surface area contributed by atoms with Gasteiger partial charge in [0.25, 0.3) is 0 Å². The van der Waals surface area contributed by atoms with Gasteiger partial charge in [0.1, 0.15) is 0 Å². The summed E-state index contributed by atoms with van der Waals surface area (Å²) in [5, 5.41) is 0. The highest BCUT2D eigenvalue weighted by Gasteiger charge is 2.13. The van der Waals surface area contributed by atoms with Crippen LogP contribution in [0.4, 0.5) is 0 Å². The van der Waals surface area contributed by atoms with E-state index in [9.17, 15) is 0 Å². The minimum atomic E-state index is 0.691. The molecule has 1 aliphatic carbocycles. The molecule has 76 valence electrons. The zero-order valence-electron chi connectivity index (χ0n) is 8.25. The Morgan fingerprint density at radius 1 is 1.38 bits per heavy atom. The van der Waals surface area contributed by atoms with Crippen molar-refractivity contribution in [1.82, 2.24) is 0 Å². The summed E-state index contributed by atoms with van der Waals surface area (Å²) in [5.74, 6) is 0.901. The molecule has 1 saturated carbocycles. The van der Waals surface area contributed by atoms with Crippen molar-refractivity contribution < 1.29 is 4.74 Å². The van der Waals surface area contributed by atoms with Gasteiger partial charge in [0, 0.05) is 0 Å². The number of ether oxygens (including phenoxy) is 1. The van der Waals surface area contributed by atoms with E-state index in [0.29, 0.717) is 4.38 Å². The van der Waals surface area contributed by atoms with Gasteiger partial charge in [-0.05, 0) is 30.8 Å². The van der Waals surface area contributed by atoms with Crippen molar-refractivity contribution in [2.75, 3.05) is 12.9 Å². The molecule has 1 aliphatic rings. The van der Waals surface area contributed by atoms with Crippen LogP contribution >= 0.6 is 24.0 Å². The molecule has 0 unspecified atom stereocenters. The average molecular weight is 218 g/mol. The first kappa shape index (κ1) is 11.3. The first-order chi connectivity index (χ1) is 6.33. The molecule has 13 heavy (non-hydrogen) atoms. The van der Waals surface area contributed by atoms with Crippen LogP contribution in [0.1, 0.15) is 38.5 Å². The maximum Gasteiger partial charge on any atom is 0.219 e. The van der Waals surface area contributed by atoms with E-state index in [1.807, 2.05) is 6.26 Å². The summed E-state index contributed by atoms with van der Waals surface area (Å²) < 4.78 is 6.08. The highest BCUT2D eigenvalue weighted by atomic mass is 32.2. The van der Waals surface area contributed by atoms with Crippen LogP contribution in [0.5, 0.6) is 0 Å². The van der Waals surface area contributed by atoms with Crippen LogP contribution in [-0.4, -0.2) is 17.2 Å². The van der Waals surface area contributed by atoms with E-state index < -0.39 is 0 Å². The van der Waals surface area contributed by atoms with Gasteiger partial charge < -0.3 is 4.74 Å². The topological polar surface area (TPSA) is 9.23 Å². The second-order valence-electron chi connectivity index (χ2n) is 3.60. The van der Waals surface area contributed by atoms with Crippen LogP contribution in [0.2, 0.25) is 0 Å². The maximum absolute atomic E-state index is 5.39. The van der Waals surface area contributed by atoms with Crippen molar-refractivity contribution >= 4 is 28.4 Å². The number of thiocarbonyl (C=S) groups is 1. The SMILES string of the molecule is CSC(=S)OCCC1CCCCC1. The summed E-state index contributed by atoms with van der Waals surface area (Å²) in [4.78, 5) is 0. The molecule has 0 bridgehead atoms. The minimum Gasteiger partial charge on any atom is -0.479 e. The van der Waals surface area contributed by atoms with E-state index in [2.05, 4.69) is 0 Å². The Bertz CT molecular complexity index is 153. The fourth-order valence-corrected chi connectivity index (χ4v) is 2.13. The second kappa shape index (κ2) is 6.66. The van der Waals surface area contributed by atoms with Gasteiger partial charge in [0.15, 0.2) is 0 Å². The molecular weight excluding hydrogens is 200 g/mol. The molecule has 0 amide bonds. The monoisotopic (exact) mass is 218 g/mol. The third-order valence-corrected chi connectivity index (χ3v) is 3.71. The zero-order valence-corrected chi connectivity index (χ0v) is 9.88. The Kier molecular flexibility index (Phi) is 5.80. The Balaban J connectivity index is 2.01. The lowest BCUT2D eigenvalue weighted by Gasteiger charge is -2.21. The molecule has 0 aromatic carbocycles. The van der Waals surface area contributed by atoms with Crippen LogP contribution in [0.15, 0.2) is 0 Å². The summed E-state index contributed by atoms with van der Waals surface area (Å²) in [5.41, 5.74) is 0.